The molecule has 1 atom stereocenters. The molecule has 0 bridgehead atoms. The maximum Gasteiger partial charge on any atom is 0.0843 e. The van der Waals surface area contributed by atoms with E-state index in [2.05, 4.69) is 55.1 Å². The van der Waals surface area contributed by atoms with Crippen LogP contribution in [0.1, 0.15) is 43.5 Å². The lowest BCUT2D eigenvalue weighted by molar-refractivity contribution is 0.165. The van der Waals surface area contributed by atoms with Crippen molar-refractivity contribution in [3.8, 4) is 0 Å². The Bertz CT molecular complexity index is 379. The van der Waals surface area contributed by atoms with E-state index in [4.69, 9.17) is 0 Å². The molecule has 0 aromatic carbocycles. The summed E-state index contributed by atoms with van der Waals surface area (Å²) in [7, 11) is 0. The largest absolute Gasteiger partial charge is 0.314 e. The van der Waals surface area contributed by atoms with E-state index in [0.29, 0.717) is 6.04 Å². The quantitative estimate of drug-likeness (QED) is 0.527. The molecule has 1 aromatic rings. The zero-order chi connectivity index (χ0) is 13.7. The highest BCUT2D eigenvalue weighted by Crippen LogP contribution is 2.39. The first-order valence-corrected chi connectivity index (χ1v) is 9.52. The van der Waals surface area contributed by atoms with Gasteiger partial charge in [-0.25, -0.2) is 0 Å². The fourth-order valence-corrected chi connectivity index (χ4v) is 4.87. The second kappa shape index (κ2) is 11.7. The monoisotopic (exact) mass is 480 g/mol. The molecule has 0 radical (unpaired) electrons. The summed E-state index contributed by atoms with van der Waals surface area (Å²) in [6.45, 7) is 6.86. The van der Waals surface area contributed by atoms with E-state index < -0.39 is 0 Å². The van der Waals surface area contributed by atoms with Gasteiger partial charge in [0, 0.05) is 41.6 Å². The first-order chi connectivity index (χ1) is 9.22. The SMILES string of the molecule is CCCCC[C@@H](c1cc(Br)c(Br)s1)N1CCNCC1.Cl.Cl. The van der Waals surface area contributed by atoms with Crippen LogP contribution >= 0.6 is 68.0 Å². The van der Waals surface area contributed by atoms with Gasteiger partial charge in [-0.15, -0.1) is 36.2 Å². The number of piperazine rings is 1. The summed E-state index contributed by atoms with van der Waals surface area (Å²) >= 11 is 9.14. The second-order valence-corrected chi connectivity index (χ2v) is 8.32. The lowest BCUT2D eigenvalue weighted by Crippen LogP contribution is -2.45. The van der Waals surface area contributed by atoms with Crippen molar-refractivity contribution >= 4 is 68.0 Å². The van der Waals surface area contributed by atoms with E-state index in [0.717, 1.165) is 13.1 Å². The Kier molecular flexibility index (Phi) is 12.3. The van der Waals surface area contributed by atoms with Gasteiger partial charge in [0.2, 0.25) is 0 Å². The highest BCUT2D eigenvalue weighted by atomic mass is 79.9. The van der Waals surface area contributed by atoms with E-state index in [1.807, 2.05) is 11.3 Å². The molecule has 7 heteroatoms. The van der Waals surface area contributed by atoms with Crippen molar-refractivity contribution in [3.63, 3.8) is 0 Å². The van der Waals surface area contributed by atoms with Crippen LogP contribution < -0.4 is 5.32 Å². The molecule has 2 rings (SSSR count). The summed E-state index contributed by atoms with van der Waals surface area (Å²) in [4.78, 5) is 4.15. The van der Waals surface area contributed by atoms with Gasteiger partial charge in [0.15, 0.2) is 0 Å². The Morgan fingerprint density at radius 1 is 1.24 bits per heavy atom. The Hall–Kier alpha value is 1.16. The van der Waals surface area contributed by atoms with Gasteiger partial charge in [-0.2, -0.15) is 0 Å². The summed E-state index contributed by atoms with van der Waals surface area (Å²) < 4.78 is 2.42. The van der Waals surface area contributed by atoms with Crippen molar-refractivity contribution in [1.82, 2.24) is 10.2 Å². The lowest BCUT2D eigenvalue weighted by Gasteiger charge is -2.34. The van der Waals surface area contributed by atoms with Gasteiger partial charge in [-0.1, -0.05) is 26.2 Å². The summed E-state index contributed by atoms with van der Waals surface area (Å²) in [6.07, 6.45) is 5.26. The summed E-state index contributed by atoms with van der Waals surface area (Å²) in [6, 6.07) is 2.90. The van der Waals surface area contributed by atoms with Crippen LogP contribution in [-0.2, 0) is 0 Å². The molecule has 0 amide bonds. The lowest BCUT2D eigenvalue weighted by atomic mass is 10.0. The van der Waals surface area contributed by atoms with E-state index >= 15 is 0 Å². The van der Waals surface area contributed by atoms with Crippen LogP contribution in [0.4, 0.5) is 0 Å². The summed E-state index contributed by atoms with van der Waals surface area (Å²) in [5.41, 5.74) is 0. The maximum absolute atomic E-state index is 3.63. The molecule has 2 nitrogen and oxygen atoms in total. The van der Waals surface area contributed by atoms with Gasteiger partial charge in [0.1, 0.15) is 0 Å². The fraction of sp³-hybridized carbons (Fsp3) is 0.714. The summed E-state index contributed by atoms with van der Waals surface area (Å²) in [5.74, 6) is 0. The molecule has 1 fully saturated rings. The third kappa shape index (κ3) is 6.66. The van der Waals surface area contributed by atoms with Crippen molar-refractivity contribution < 1.29 is 0 Å². The van der Waals surface area contributed by atoms with Crippen molar-refractivity contribution in [2.45, 2.75) is 38.6 Å². The van der Waals surface area contributed by atoms with Crippen molar-refractivity contribution in [1.29, 1.82) is 0 Å². The number of hydrogen-bond donors (Lipinski definition) is 1. The average molecular weight is 483 g/mol. The molecule has 1 aromatic heterocycles. The molecule has 0 aliphatic carbocycles. The molecule has 0 spiro atoms. The van der Waals surface area contributed by atoms with Gasteiger partial charge in [0.25, 0.3) is 0 Å². The number of rotatable bonds is 6. The number of nitrogens with one attached hydrogen (secondary N) is 1. The number of nitrogens with zero attached hydrogens (tertiary/aromatic N) is 1. The Morgan fingerprint density at radius 3 is 2.43 bits per heavy atom. The minimum atomic E-state index is 0. The molecule has 0 unspecified atom stereocenters. The average Bonchev–Trinajstić information content (AvgIpc) is 2.75. The molecule has 0 saturated carbocycles. The van der Waals surface area contributed by atoms with Crippen LogP contribution in [0.3, 0.4) is 0 Å². The van der Waals surface area contributed by atoms with E-state index in [1.54, 1.807) is 0 Å². The zero-order valence-electron chi connectivity index (χ0n) is 12.2. The standard InChI is InChI=1S/C14H22Br2N2S.2ClH/c1-2-3-4-5-12(18-8-6-17-7-9-18)13-10-11(15)14(16)19-13;;/h10,12,17H,2-9H2,1H3;2*1H/t12-;;/m0../s1. The number of thiophene rings is 1. The third-order valence-corrected chi connectivity index (χ3v) is 7.02. The third-order valence-electron chi connectivity index (χ3n) is 3.67. The molecule has 124 valence electrons. The Balaban J connectivity index is 0.00000200. The van der Waals surface area contributed by atoms with E-state index in [9.17, 15) is 0 Å². The van der Waals surface area contributed by atoms with Gasteiger partial charge in [-0.05, 0) is 44.3 Å². The van der Waals surface area contributed by atoms with Gasteiger partial charge in [0.05, 0.1) is 3.79 Å². The van der Waals surface area contributed by atoms with E-state index in [1.165, 1.54) is 51.9 Å². The molecule has 1 N–H and O–H groups in total. The first-order valence-electron chi connectivity index (χ1n) is 7.12. The van der Waals surface area contributed by atoms with Gasteiger partial charge in [-0.3, -0.25) is 4.90 Å². The van der Waals surface area contributed by atoms with Gasteiger partial charge >= 0.3 is 0 Å². The summed E-state index contributed by atoms with van der Waals surface area (Å²) in [5, 5.41) is 3.45. The normalized spacial score (nSPS) is 16.9. The maximum atomic E-state index is 3.63. The van der Waals surface area contributed by atoms with E-state index in [-0.39, 0.29) is 24.8 Å². The molecule has 1 aliphatic rings. The molecule has 21 heavy (non-hydrogen) atoms. The van der Waals surface area contributed by atoms with Crippen LogP contribution in [0, 0.1) is 0 Å². The van der Waals surface area contributed by atoms with Crippen LogP contribution in [0.15, 0.2) is 14.3 Å². The molecular weight excluding hydrogens is 459 g/mol. The van der Waals surface area contributed by atoms with Crippen molar-refractivity contribution in [2.75, 3.05) is 26.2 Å². The molecule has 1 saturated heterocycles. The van der Waals surface area contributed by atoms with Crippen LogP contribution in [0.5, 0.6) is 0 Å². The topological polar surface area (TPSA) is 15.3 Å². The predicted molar refractivity (Wildman–Crippen MR) is 106 cm³/mol. The van der Waals surface area contributed by atoms with Crippen LogP contribution in [0.2, 0.25) is 0 Å². The number of hydrogen-bond acceptors (Lipinski definition) is 3. The van der Waals surface area contributed by atoms with Crippen LogP contribution in [-0.4, -0.2) is 31.1 Å². The van der Waals surface area contributed by atoms with Crippen molar-refractivity contribution in [2.24, 2.45) is 0 Å². The van der Waals surface area contributed by atoms with Crippen molar-refractivity contribution in [3.05, 3.63) is 19.2 Å². The minimum Gasteiger partial charge on any atom is -0.314 e. The fourth-order valence-electron chi connectivity index (χ4n) is 2.61. The smallest absolute Gasteiger partial charge is 0.0843 e. The number of halogens is 4. The van der Waals surface area contributed by atoms with Gasteiger partial charge < -0.3 is 5.32 Å². The minimum absolute atomic E-state index is 0. The molecule has 2 heterocycles. The Labute approximate surface area is 161 Å². The highest BCUT2D eigenvalue weighted by molar-refractivity contribution is 9.13. The highest BCUT2D eigenvalue weighted by Gasteiger charge is 2.23. The second-order valence-electron chi connectivity index (χ2n) is 5.07. The van der Waals surface area contributed by atoms with Crippen LogP contribution in [0.25, 0.3) is 0 Å². The molecule has 1 aliphatic heterocycles. The predicted octanol–water partition coefficient (Wildman–Crippen LogP) is 5.64. The number of unbranched alkanes of at least 4 members (excludes halogenated alkanes) is 2. The first kappa shape index (κ1) is 22.2. The molecular formula is C14H24Br2Cl2N2S. The zero-order valence-corrected chi connectivity index (χ0v) is 17.9. The Morgan fingerprint density at radius 2 is 1.90 bits per heavy atom.